The molecule has 2 amide bonds. The molecule has 2 aliphatic rings. The zero-order chi connectivity index (χ0) is 29.4. The summed E-state index contributed by atoms with van der Waals surface area (Å²) in [5, 5.41) is 5.73. The lowest BCUT2D eigenvalue weighted by Gasteiger charge is -2.37. The maximum atomic E-state index is 12.7. The van der Waals surface area contributed by atoms with Gasteiger partial charge in [0.15, 0.2) is 0 Å². The summed E-state index contributed by atoms with van der Waals surface area (Å²) in [5.41, 5.74) is 5.75. The van der Waals surface area contributed by atoms with Crippen LogP contribution >= 0.6 is 11.6 Å². The zero-order valence-corrected chi connectivity index (χ0v) is 23.6. The number of halogens is 1. The number of aromatic amines is 1. The molecule has 222 valence electrons. The Morgan fingerprint density at radius 2 is 1.88 bits per heavy atom. The van der Waals surface area contributed by atoms with Gasteiger partial charge in [0.05, 0.1) is 42.5 Å². The van der Waals surface area contributed by atoms with Crippen molar-refractivity contribution in [2.24, 2.45) is 0 Å². The first kappa shape index (κ1) is 30.5. The highest BCUT2D eigenvalue weighted by Crippen LogP contribution is 2.17. The van der Waals surface area contributed by atoms with E-state index in [1.54, 1.807) is 24.3 Å². The third-order valence-corrected chi connectivity index (χ3v) is 7.36. The molecule has 2 fully saturated rings. The maximum Gasteiger partial charge on any atom is 0.338 e. The molecule has 0 radical (unpaired) electrons. The number of benzene rings is 1. The summed E-state index contributed by atoms with van der Waals surface area (Å²) in [6, 6.07) is 7.39. The van der Waals surface area contributed by atoms with Gasteiger partial charge in [0.2, 0.25) is 5.91 Å². The van der Waals surface area contributed by atoms with E-state index in [2.05, 4.69) is 20.5 Å². The number of morpholine rings is 1. The molecule has 0 spiro atoms. The number of esters is 1. The number of carbonyl (C=O) groups excluding carboxylic acids is 3. The molecule has 1 aromatic carbocycles. The van der Waals surface area contributed by atoms with Gasteiger partial charge in [0.25, 0.3) is 11.5 Å². The van der Waals surface area contributed by atoms with Gasteiger partial charge in [0, 0.05) is 45.5 Å². The van der Waals surface area contributed by atoms with Crippen LogP contribution in [0.1, 0.15) is 27.1 Å². The number of aromatic nitrogens is 1. The van der Waals surface area contributed by atoms with Crippen molar-refractivity contribution in [3.8, 4) is 0 Å². The predicted molar refractivity (Wildman–Crippen MR) is 152 cm³/mol. The van der Waals surface area contributed by atoms with E-state index in [1.807, 2.05) is 4.90 Å². The molecule has 13 nitrogen and oxygen atoms in total. The van der Waals surface area contributed by atoms with Crippen LogP contribution in [0.25, 0.3) is 0 Å². The Morgan fingerprint density at radius 3 is 2.59 bits per heavy atom. The number of piperidine rings is 1. The second-order valence-corrected chi connectivity index (χ2v) is 10.3. The van der Waals surface area contributed by atoms with Crippen molar-refractivity contribution >= 4 is 40.9 Å². The molecule has 2 saturated heterocycles. The average Bonchev–Trinajstić information content (AvgIpc) is 2.96. The Labute approximate surface area is 242 Å². The van der Waals surface area contributed by atoms with Crippen LogP contribution in [-0.2, 0) is 19.0 Å². The molecule has 5 N–H and O–H groups in total. The molecule has 0 bridgehead atoms. The van der Waals surface area contributed by atoms with Crippen molar-refractivity contribution in [1.29, 1.82) is 0 Å². The van der Waals surface area contributed by atoms with Gasteiger partial charge >= 0.3 is 5.97 Å². The number of ether oxygens (including phenoxy) is 3. The Morgan fingerprint density at radius 1 is 1.15 bits per heavy atom. The number of methoxy groups -OCH3 is 1. The molecule has 2 aromatic rings. The van der Waals surface area contributed by atoms with Crippen LogP contribution in [0.4, 0.5) is 11.5 Å². The normalized spacial score (nSPS) is 19.9. The quantitative estimate of drug-likeness (QED) is 0.287. The first-order valence-electron chi connectivity index (χ1n) is 13.3. The summed E-state index contributed by atoms with van der Waals surface area (Å²) in [6.45, 7) is 5.02. The van der Waals surface area contributed by atoms with Gasteiger partial charge in [0.1, 0.15) is 18.0 Å². The van der Waals surface area contributed by atoms with Crippen molar-refractivity contribution in [3.05, 3.63) is 56.8 Å². The number of rotatable bonds is 10. The highest BCUT2D eigenvalue weighted by atomic mass is 35.5. The highest BCUT2D eigenvalue weighted by molar-refractivity contribution is 6.33. The lowest BCUT2D eigenvalue weighted by atomic mass is 10.0. The van der Waals surface area contributed by atoms with Gasteiger partial charge in [-0.2, -0.15) is 0 Å². The first-order valence-corrected chi connectivity index (χ1v) is 13.7. The Balaban J connectivity index is 1.22. The zero-order valence-electron chi connectivity index (χ0n) is 22.8. The van der Waals surface area contributed by atoms with Gasteiger partial charge in [-0.05, 0) is 36.8 Å². The van der Waals surface area contributed by atoms with Crippen LogP contribution in [0.3, 0.4) is 0 Å². The number of likely N-dealkylation sites (tertiary alicyclic amines) is 1. The predicted octanol–water partition coefficient (Wildman–Crippen LogP) is 0.557. The molecular formula is C27H35ClN6O7. The average molecular weight is 591 g/mol. The third kappa shape index (κ3) is 8.50. The van der Waals surface area contributed by atoms with E-state index < -0.39 is 23.5 Å². The number of nitrogens with two attached hydrogens (primary N) is 1. The van der Waals surface area contributed by atoms with Gasteiger partial charge in [-0.1, -0.05) is 11.6 Å². The van der Waals surface area contributed by atoms with Gasteiger partial charge in [-0.25, -0.2) is 4.79 Å². The molecule has 2 aliphatic heterocycles. The number of H-pyrrole nitrogens is 1. The molecule has 4 rings (SSSR count). The summed E-state index contributed by atoms with van der Waals surface area (Å²) < 4.78 is 16.2. The second-order valence-electron chi connectivity index (χ2n) is 9.87. The fraction of sp³-hybridized carbons (Fsp3) is 0.481. The van der Waals surface area contributed by atoms with Crippen LogP contribution in [-0.4, -0.2) is 111 Å². The Bertz CT molecular complexity index is 1280. The van der Waals surface area contributed by atoms with E-state index >= 15 is 0 Å². The SMILES string of the molecule is CO[C@H]1CN(CC(=O)Nc2ccc(C(=O)OCCN3CCOCC3)cc2)CC[C@H]1NC(=O)c1cc(Cl)c(N)[nH]c1=O. The van der Waals surface area contributed by atoms with E-state index in [0.29, 0.717) is 57.1 Å². The van der Waals surface area contributed by atoms with Crippen LogP contribution < -0.4 is 21.9 Å². The van der Waals surface area contributed by atoms with Gasteiger partial charge in [-0.15, -0.1) is 0 Å². The van der Waals surface area contributed by atoms with E-state index in [-0.39, 0.29) is 34.9 Å². The Kier molecular flexibility index (Phi) is 10.7. The number of carbonyl (C=O) groups is 3. The summed E-state index contributed by atoms with van der Waals surface area (Å²) in [5.74, 6) is -1.24. The van der Waals surface area contributed by atoms with E-state index in [4.69, 9.17) is 31.5 Å². The summed E-state index contributed by atoms with van der Waals surface area (Å²) >= 11 is 5.95. The van der Waals surface area contributed by atoms with Crippen molar-refractivity contribution in [2.75, 3.05) is 77.2 Å². The molecule has 1 aromatic heterocycles. The van der Waals surface area contributed by atoms with E-state index in [9.17, 15) is 19.2 Å². The minimum atomic E-state index is -0.638. The van der Waals surface area contributed by atoms with Crippen LogP contribution in [0.15, 0.2) is 35.1 Å². The minimum Gasteiger partial charge on any atom is -0.461 e. The van der Waals surface area contributed by atoms with Crippen molar-refractivity contribution in [2.45, 2.75) is 18.6 Å². The van der Waals surface area contributed by atoms with Crippen molar-refractivity contribution in [1.82, 2.24) is 20.1 Å². The molecule has 14 heteroatoms. The van der Waals surface area contributed by atoms with Crippen LogP contribution in [0.5, 0.6) is 0 Å². The summed E-state index contributed by atoms with van der Waals surface area (Å²) in [4.78, 5) is 56.3. The van der Waals surface area contributed by atoms with Crippen molar-refractivity contribution < 1.29 is 28.6 Å². The Hall–Kier alpha value is -3.49. The summed E-state index contributed by atoms with van der Waals surface area (Å²) in [6.07, 6.45) is 0.0953. The largest absolute Gasteiger partial charge is 0.461 e. The molecule has 0 aliphatic carbocycles. The first-order chi connectivity index (χ1) is 19.7. The molecule has 2 atom stereocenters. The molecule has 3 heterocycles. The highest BCUT2D eigenvalue weighted by Gasteiger charge is 2.32. The summed E-state index contributed by atoms with van der Waals surface area (Å²) in [7, 11) is 1.52. The number of hydrogen-bond donors (Lipinski definition) is 4. The van der Waals surface area contributed by atoms with E-state index in [0.717, 1.165) is 13.1 Å². The molecule has 0 unspecified atom stereocenters. The number of nitrogens with zero attached hydrogens (tertiary/aromatic N) is 2. The number of hydrogen-bond acceptors (Lipinski definition) is 10. The number of pyridine rings is 1. The fourth-order valence-corrected chi connectivity index (χ4v) is 4.89. The monoisotopic (exact) mass is 590 g/mol. The van der Waals surface area contributed by atoms with Gasteiger partial charge < -0.3 is 35.6 Å². The lowest BCUT2D eigenvalue weighted by Crippen LogP contribution is -2.56. The third-order valence-electron chi connectivity index (χ3n) is 7.04. The number of anilines is 2. The number of nitrogens with one attached hydrogen (secondary N) is 3. The maximum absolute atomic E-state index is 12.7. The molecular weight excluding hydrogens is 556 g/mol. The van der Waals surface area contributed by atoms with Crippen LogP contribution in [0.2, 0.25) is 5.02 Å². The smallest absolute Gasteiger partial charge is 0.338 e. The molecule has 0 saturated carbocycles. The van der Waals surface area contributed by atoms with E-state index in [1.165, 1.54) is 13.2 Å². The topological polar surface area (TPSA) is 168 Å². The fourth-order valence-electron chi connectivity index (χ4n) is 4.73. The standard InChI is InChI=1S/C27H35ClN6O7/c1-39-22-15-34(7-6-21(22)31-25(36)19-14-20(28)24(29)32-26(19)37)16-23(35)30-18-4-2-17(3-5-18)27(38)41-13-10-33-8-11-40-12-9-33/h2-5,14,21-22H,6-13,15-16H2,1H3,(H,30,35)(H,31,36)(H3,29,32,37)/t21-,22+/m1/s1. The van der Waals surface area contributed by atoms with Crippen molar-refractivity contribution in [3.63, 3.8) is 0 Å². The minimum absolute atomic E-state index is 0.0110. The number of amides is 2. The van der Waals surface area contributed by atoms with Crippen LogP contribution in [0, 0.1) is 0 Å². The lowest BCUT2D eigenvalue weighted by molar-refractivity contribution is -0.118. The second kappa shape index (κ2) is 14.4. The number of nitrogen functional groups attached to an aromatic ring is 1. The molecule has 41 heavy (non-hydrogen) atoms. The van der Waals surface area contributed by atoms with Gasteiger partial charge in [-0.3, -0.25) is 24.2 Å².